The predicted molar refractivity (Wildman–Crippen MR) is 165 cm³/mol. The minimum atomic E-state index is -4.63. The monoisotopic (exact) mass is 639 g/mol. The van der Waals surface area contributed by atoms with Gasteiger partial charge in [0.2, 0.25) is 0 Å². The summed E-state index contributed by atoms with van der Waals surface area (Å²) in [7, 11) is 2.94. The van der Waals surface area contributed by atoms with Crippen LogP contribution in [0.3, 0.4) is 0 Å². The minimum Gasteiger partial charge on any atom is -0.493 e. The van der Waals surface area contributed by atoms with Crippen LogP contribution < -0.4 is 14.8 Å². The Morgan fingerprint density at radius 3 is 2.07 bits per heavy atom. The number of nitrogens with one attached hydrogen (secondary N) is 1. The van der Waals surface area contributed by atoms with Gasteiger partial charge in [0, 0.05) is 32.6 Å². The smallest absolute Gasteiger partial charge is 0.410 e. The van der Waals surface area contributed by atoms with E-state index in [2.05, 4.69) is 39.6 Å². The van der Waals surface area contributed by atoms with E-state index in [1.54, 1.807) is 23.1 Å². The third-order valence-corrected chi connectivity index (χ3v) is 8.86. The lowest BCUT2D eigenvalue weighted by Crippen LogP contribution is -2.50. The first-order valence-corrected chi connectivity index (χ1v) is 15.0. The second-order valence-electron chi connectivity index (χ2n) is 11.1. The SMILES string of the molecule is COc1ccc([C@H]2C[C@@H](C(F)(F)F)n3nc(C(=O)N4CCN(C(c5ccccc5)c5ccccc5)CC4)c(Cl)c3N2)cc1OC. The number of amides is 1. The third kappa shape index (κ3) is 6.06. The van der Waals surface area contributed by atoms with Gasteiger partial charge >= 0.3 is 6.18 Å². The number of aromatic nitrogens is 2. The molecule has 1 fully saturated rings. The van der Waals surface area contributed by atoms with Gasteiger partial charge in [-0.1, -0.05) is 78.3 Å². The molecule has 1 N–H and O–H groups in total. The Balaban J connectivity index is 1.24. The van der Waals surface area contributed by atoms with Gasteiger partial charge in [-0.2, -0.15) is 18.3 Å². The summed E-state index contributed by atoms with van der Waals surface area (Å²) in [6.07, 6.45) is -4.98. The Morgan fingerprint density at radius 1 is 0.911 bits per heavy atom. The number of rotatable bonds is 7. The molecule has 0 saturated carbocycles. The lowest BCUT2D eigenvalue weighted by molar-refractivity contribution is -0.173. The highest BCUT2D eigenvalue weighted by molar-refractivity contribution is 6.36. The molecule has 236 valence electrons. The topological polar surface area (TPSA) is 71.9 Å². The molecule has 3 heterocycles. The molecule has 2 atom stereocenters. The molecule has 0 unspecified atom stereocenters. The van der Waals surface area contributed by atoms with Crippen molar-refractivity contribution in [2.45, 2.75) is 30.7 Å². The number of anilines is 1. The highest BCUT2D eigenvalue weighted by Gasteiger charge is 2.48. The first kappa shape index (κ1) is 30.8. The Kier molecular flexibility index (Phi) is 8.65. The number of carbonyl (C=O) groups excluding carboxylic acids is 1. The summed E-state index contributed by atoms with van der Waals surface area (Å²) in [6.45, 7) is 1.88. The average molecular weight is 640 g/mol. The number of benzene rings is 3. The highest BCUT2D eigenvalue weighted by Crippen LogP contribution is 2.47. The predicted octanol–water partition coefficient (Wildman–Crippen LogP) is 6.76. The number of hydrogen-bond acceptors (Lipinski definition) is 6. The van der Waals surface area contributed by atoms with Crippen molar-refractivity contribution in [2.75, 3.05) is 45.7 Å². The van der Waals surface area contributed by atoms with Crippen LogP contribution in [0.15, 0.2) is 78.9 Å². The van der Waals surface area contributed by atoms with Gasteiger partial charge in [-0.15, -0.1) is 0 Å². The molecule has 3 aromatic carbocycles. The maximum Gasteiger partial charge on any atom is 0.410 e. The van der Waals surface area contributed by atoms with Crippen LogP contribution in [0.2, 0.25) is 5.02 Å². The van der Waals surface area contributed by atoms with E-state index in [0.29, 0.717) is 43.2 Å². The molecule has 2 aliphatic rings. The van der Waals surface area contributed by atoms with E-state index in [1.807, 2.05) is 36.4 Å². The molecule has 0 bridgehead atoms. The van der Waals surface area contributed by atoms with E-state index < -0.39 is 24.2 Å². The van der Waals surface area contributed by atoms with Gasteiger partial charge in [-0.25, -0.2) is 4.68 Å². The number of hydrogen-bond donors (Lipinski definition) is 1. The Labute approximate surface area is 264 Å². The maximum atomic E-state index is 14.4. The molecule has 8 nitrogen and oxygen atoms in total. The molecule has 4 aromatic rings. The summed E-state index contributed by atoms with van der Waals surface area (Å²) >= 11 is 6.65. The zero-order valence-electron chi connectivity index (χ0n) is 24.8. The molecule has 0 aliphatic carbocycles. The Hall–Kier alpha value is -4.22. The van der Waals surface area contributed by atoms with Crippen LogP contribution in [-0.4, -0.2) is 72.1 Å². The van der Waals surface area contributed by atoms with Crippen LogP contribution in [0.1, 0.15) is 51.7 Å². The summed E-state index contributed by atoms with van der Waals surface area (Å²) in [6, 6.07) is 22.5. The summed E-state index contributed by atoms with van der Waals surface area (Å²) in [5, 5.41) is 7.14. The van der Waals surface area contributed by atoms with Gasteiger partial charge in [-0.3, -0.25) is 9.69 Å². The number of fused-ring (bicyclic) bond motifs is 1. The van der Waals surface area contributed by atoms with Gasteiger partial charge < -0.3 is 19.7 Å². The molecule has 2 aliphatic heterocycles. The lowest BCUT2D eigenvalue weighted by Gasteiger charge is -2.39. The first-order chi connectivity index (χ1) is 21.7. The van der Waals surface area contributed by atoms with Crippen LogP contribution in [0.4, 0.5) is 19.0 Å². The van der Waals surface area contributed by atoms with Gasteiger partial charge in [0.15, 0.2) is 23.2 Å². The molecule has 1 amide bonds. The number of piperazine rings is 1. The number of halogens is 4. The molecule has 1 aromatic heterocycles. The fraction of sp³-hybridized carbons (Fsp3) is 0.333. The molecule has 6 rings (SSSR count). The standard InChI is InChI=1S/C33H33ClF3N5O3/c1-44-25-14-13-23(19-26(25)45-2)24-20-27(33(35,36)37)42-31(38-24)28(34)29(39-42)32(43)41-17-15-40(16-18-41)30(21-9-5-3-6-10-21)22-11-7-4-8-12-22/h3-14,19,24,27,30,38H,15-18,20H2,1-2H3/t24-,27+/m1/s1. The summed E-state index contributed by atoms with van der Waals surface area (Å²) in [4.78, 5) is 17.6. The maximum absolute atomic E-state index is 14.4. The summed E-state index contributed by atoms with van der Waals surface area (Å²) < 4.78 is 54.6. The molecule has 0 spiro atoms. The van der Waals surface area contributed by atoms with Crippen molar-refractivity contribution in [3.8, 4) is 11.5 Å². The number of nitrogens with zero attached hydrogens (tertiary/aromatic N) is 4. The van der Waals surface area contributed by atoms with Crippen molar-refractivity contribution in [1.82, 2.24) is 19.6 Å². The van der Waals surface area contributed by atoms with E-state index in [9.17, 15) is 18.0 Å². The van der Waals surface area contributed by atoms with E-state index >= 15 is 0 Å². The van der Waals surface area contributed by atoms with E-state index in [4.69, 9.17) is 21.1 Å². The quantitative estimate of drug-likeness (QED) is 0.241. The van der Waals surface area contributed by atoms with Crippen molar-refractivity contribution in [3.63, 3.8) is 0 Å². The molecule has 45 heavy (non-hydrogen) atoms. The lowest BCUT2D eigenvalue weighted by atomic mass is 9.96. The molecule has 12 heteroatoms. The van der Waals surface area contributed by atoms with E-state index in [1.165, 1.54) is 14.2 Å². The van der Waals surface area contributed by atoms with Crippen molar-refractivity contribution in [2.24, 2.45) is 0 Å². The van der Waals surface area contributed by atoms with E-state index in [-0.39, 0.29) is 29.0 Å². The minimum absolute atomic E-state index is 0.00147. The van der Waals surface area contributed by atoms with Gasteiger partial charge in [0.05, 0.1) is 26.3 Å². The average Bonchev–Trinajstić information content (AvgIpc) is 3.40. The number of ether oxygens (including phenoxy) is 2. The highest BCUT2D eigenvalue weighted by atomic mass is 35.5. The number of carbonyl (C=O) groups is 1. The fourth-order valence-corrected chi connectivity index (χ4v) is 6.49. The molecular formula is C33H33ClF3N5O3. The third-order valence-electron chi connectivity index (χ3n) is 8.51. The van der Waals surface area contributed by atoms with Crippen molar-refractivity contribution in [3.05, 3.63) is 106 Å². The van der Waals surface area contributed by atoms with Crippen molar-refractivity contribution < 1.29 is 27.4 Å². The summed E-state index contributed by atoms with van der Waals surface area (Å²) in [5.74, 6) is 0.310. The molecule has 1 saturated heterocycles. The Bertz CT molecular complexity index is 1600. The second-order valence-corrected chi connectivity index (χ2v) is 11.5. The normalized spacial score (nSPS) is 18.8. The Morgan fingerprint density at radius 2 is 1.51 bits per heavy atom. The molecular weight excluding hydrogens is 607 g/mol. The van der Waals surface area contributed by atoms with Crippen LogP contribution in [-0.2, 0) is 0 Å². The fourth-order valence-electron chi connectivity index (χ4n) is 6.23. The van der Waals surface area contributed by atoms with Crippen LogP contribution in [0, 0.1) is 0 Å². The second kappa shape index (κ2) is 12.6. The van der Waals surface area contributed by atoms with Gasteiger partial charge in [0.1, 0.15) is 10.8 Å². The zero-order valence-corrected chi connectivity index (χ0v) is 25.6. The van der Waals surface area contributed by atoms with Crippen LogP contribution in [0.5, 0.6) is 11.5 Å². The molecule has 0 radical (unpaired) electrons. The van der Waals surface area contributed by atoms with Crippen LogP contribution in [0.25, 0.3) is 0 Å². The first-order valence-electron chi connectivity index (χ1n) is 14.7. The largest absolute Gasteiger partial charge is 0.493 e. The van der Waals surface area contributed by atoms with Crippen LogP contribution >= 0.6 is 11.6 Å². The van der Waals surface area contributed by atoms with E-state index in [0.717, 1.165) is 15.8 Å². The number of alkyl halides is 3. The van der Waals surface area contributed by atoms with Gasteiger partial charge in [0.25, 0.3) is 5.91 Å². The van der Waals surface area contributed by atoms with Crippen molar-refractivity contribution in [1.29, 1.82) is 0 Å². The summed E-state index contributed by atoms with van der Waals surface area (Å²) in [5.41, 5.74) is 2.64. The van der Waals surface area contributed by atoms with Gasteiger partial charge in [-0.05, 0) is 28.8 Å². The number of methoxy groups -OCH3 is 2. The zero-order chi connectivity index (χ0) is 31.7. The van der Waals surface area contributed by atoms with Crippen molar-refractivity contribution >= 4 is 23.3 Å².